The van der Waals surface area contributed by atoms with Crippen molar-refractivity contribution in [1.82, 2.24) is 29.2 Å². The number of nitrogens with zero attached hydrogens (tertiary/aromatic N) is 4. The molecule has 2 aliphatic heterocycles. The van der Waals surface area contributed by atoms with Crippen molar-refractivity contribution in [2.75, 3.05) is 13.1 Å². The quantitative estimate of drug-likeness (QED) is 0.360. The SMILES string of the molecule is O=C(C1Cn2c(F)cc3c(-c4c[nH]cc4-c4cnc5ccccn45)ccc(c32)CN1)N1CCCC(F)(F)C1. The number of benzene rings is 1. The van der Waals surface area contributed by atoms with Gasteiger partial charge in [0.15, 0.2) is 5.95 Å². The van der Waals surface area contributed by atoms with Crippen molar-refractivity contribution in [3.63, 3.8) is 0 Å². The summed E-state index contributed by atoms with van der Waals surface area (Å²) in [7, 11) is 0. The second-order valence-electron chi connectivity index (χ2n) is 10.1. The molecule has 0 aliphatic carbocycles. The van der Waals surface area contributed by atoms with Crippen LogP contribution in [-0.4, -0.2) is 54.8 Å². The predicted octanol–water partition coefficient (Wildman–Crippen LogP) is 4.82. The minimum absolute atomic E-state index is 0.0277. The number of aromatic amines is 1. The number of fused-ring (bicyclic) bond motifs is 1. The van der Waals surface area contributed by atoms with Gasteiger partial charge in [0.05, 0.1) is 24.0 Å². The van der Waals surface area contributed by atoms with Crippen LogP contribution in [0.3, 0.4) is 0 Å². The van der Waals surface area contributed by atoms with Crippen LogP contribution in [0.4, 0.5) is 13.2 Å². The molecule has 0 radical (unpaired) electrons. The van der Waals surface area contributed by atoms with Crippen LogP contribution < -0.4 is 5.32 Å². The molecule has 1 aromatic carbocycles. The standard InChI is InChI=1S/C28H25F3N6O/c29-24-10-19-18(20-12-32-13-21(20)23-14-34-25-4-1-2-9-36(23)25)6-5-17-11-33-22(15-37(24)26(17)19)27(38)35-8-3-7-28(30,31)16-35/h1-2,4-6,9-10,12-14,22,32-33H,3,7-8,11,15-16H2. The molecule has 38 heavy (non-hydrogen) atoms. The lowest BCUT2D eigenvalue weighted by Crippen LogP contribution is -2.53. The lowest BCUT2D eigenvalue weighted by atomic mass is 9.97. The van der Waals surface area contributed by atoms with E-state index < -0.39 is 30.4 Å². The van der Waals surface area contributed by atoms with Crippen LogP contribution in [0.25, 0.3) is 38.9 Å². The first kappa shape index (κ1) is 23.1. The topological polar surface area (TPSA) is 70.4 Å². The van der Waals surface area contributed by atoms with Gasteiger partial charge in [0.25, 0.3) is 5.92 Å². The number of carbonyl (C=O) groups is 1. The monoisotopic (exact) mass is 518 g/mol. The Bertz CT molecular complexity index is 1700. The predicted molar refractivity (Wildman–Crippen MR) is 137 cm³/mol. The number of piperidine rings is 1. The average molecular weight is 519 g/mol. The molecule has 2 aliphatic rings. The molecule has 1 atom stereocenters. The zero-order chi connectivity index (χ0) is 26.0. The normalized spacial score (nSPS) is 19.2. The second kappa shape index (κ2) is 8.49. The molecule has 1 saturated heterocycles. The first-order valence-corrected chi connectivity index (χ1v) is 12.7. The first-order chi connectivity index (χ1) is 18.4. The number of hydrogen-bond donors (Lipinski definition) is 2. The number of imidazole rings is 1. The zero-order valence-corrected chi connectivity index (χ0v) is 20.4. The van der Waals surface area contributed by atoms with Crippen LogP contribution >= 0.6 is 0 Å². The Labute approximate surface area is 215 Å². The number of halogens is 3. The number of H-pyrrole nitrogens is 1. The summed E-state index contributed by atoms with van der Waals surface area (Å²) in [5, 5.41) is 3.92. The van der Waals surface area contributed by atoms with E-state index in [0.717, 1.165) is 39.0 Å². The van der Waals surface area contributed by atoms with Gasteiger partial charge in [-0.25, -0.2) is 13.8 Å². The van der Waals surface area contributed by atoms with E-state index in [4.69, 9.17) is 0 Å². The number of alkyl halides is 2. The van der Waals surface area contributed by atoms with E-state index in [0.29, 0.717) is 12.1 Å². The van der Waals surface area contributed by atoms with Gasteiger partial charge in [0.1, 0.15) is 11.7 Å². The molecule has 0 bridgehead atoms. The lowest BCUT2D eigenvalue weighted by molar-refractivity contribution is -0.144. The number of amides is 1. The third-order valence-corrected chi connectivity index (χ3v) is 7.73. The lowest BCUT2D eigenvalue weighted by Gasteiger charge is -2.34. The van der Waals surface area contributed by atoms with E-state index in [9.17, 15) is 13.6 Å². The van der Waals surface area contributed by atoms with E-state index in [-0.39, 0.29) is 25.9 Å². The van der Waals surface area contributed by atoms with Crippen LogP contribution in [-0.2, 0) is 17.9 Å². The molecule has 194 valence electrons. The summed E-state index contributed by atoms with van der Waals surface area (Å²) in [6.45, 7) is 0.0467. The van der Waals surface area contributed by atoms with Crippen LogP contribution in [0, 0.1) is 5.95 Å². The maximum Gasteiger partial charge on any atom is 0.265 e. The van der Waals surface area contributed by atoms with Crippen molar-refractivity contribution in [3.05, 3.63) is 72.7 Å². The van der Waals surface area contributed by atoms with Gasteiger partial charge in [-0.05, 0) is 29.7 Å². The average Bonchev–Trinajstić information content (AvgIpc) is 3.59. The summed E-state index contributed by atoms with van der Waals surface area (Å²) in [6, 6.07) is 10.4. The molecule has 7 rings (SSSR count). The van der Waals surface area contributed by atoms with E-state index in [1.54, 1.807) is 0 Å². The third kappa shape index (κ3) is 3.62. The van der Waals surface area contributed by atoms with Gasteiger partial charge in [-0.2, -0.15) is 4.39 Å². The Morgan fingerprint density at radius 3 is 2.84 bits per heavy atom. The highest BCUT2D eigenvalue weighted by molar-refractivity contribution is 6.01. The van der Waals surface area contributed by atoms with Crippen LogP contribution in [0.1, 0.15) is 18.4 Å². The third-order valence-electron chi connectivity index (χ3n) is 7.73. The van der Waals surface area contributed by atoms with Gasteiger partial charge in [0, 0.05) is 67.2 Å². The number of nitrogens with one attached hydrogen (secondary N) is 2. The maximum absolute atomic E-state index is 15.5. The molecule has 1 unspecified atom stereocenters. The molecule has 1 amide bonds. The number of rotatable bonds is 3. The Hall–Kier alpha value is -4.05. The summed E-state index contributed by atoms with van der Waals surface area (Å²) in [5.41, 5.74) is 5.97. The molecule has 0 saturated carbocycles. The Morgan fingerprint density at radius 1 is 1.11 bits per heavy atom. The fourth-order valence-corrected chi connectivity index (χ4v) is 5.93. The smallest absolute Gasteiger partial charge is 0.265 e. The number of pyridine rings is 1. The number of hydrogen-bond acceptors (Lipinski definition) is 3. The molecular formula is C28H25F3N6O. The Balaban J connectivity index is 1.28. The first-order valence-electron chi connectivity index (χ1n) is 12.7. The fourth-order valence-electron chi connectivity index (χ4n) is 5.93. The summed E-state index contributed by atoms with van der Waals surface area (Å²) in [6.07, 6.45) is 7.60. The molecule has 2 N–H and O–H groups in total. The summed E-state index contributed by atoms with van der Waals surface area (Å²) < 4.78 is 47.0. The van der Waals surface area contributed by atoms with Crippen LogP contribution in [0.15, 0.2) is 61.2 Å². The van der Waals surface area contributed by atoms with Gasteiger partial charge in [-0.15, -0.1) is 0 Å². The van der Waals surface area contributed by atoms with Crippen molar-refractivity contribution in [2.24, 2.45) is 0 Å². The van der Waals surface area contributed by atoms with Crippen LogP contribution in [0.2, 0.25) is 0 Å². The Kier molecular flexibility index (Phi) is 5.16. The van der Waals surface area contributed by atoms with Crippen molar-refractivity contribution in [2.45, 2.75) is 37.9 Å². The zero-order valence-electron chi connectivity index (χ0n) is 20.4. The van der Waals surface area contributed by atoms with Crippen LogP contribution in [0.5, 0.6) is 0 Å². The molecule has 4 aromatic heterocycles. The van der Waals surface area contributed by atoms with E-state index in [2.05, 4.69) is 15.3 Å². The van der Waals surface area contributed by atoms with Gasteiger partial charge in [-0.1, -0.05) is 18.2 Å². The summed E-state index contributed by atoms with van der Waals surface area (Å²) in [5.74, 6) is -3.78. The van der Waals surface area contributed by atoms with E-state index in [1.165, 1.54) is 15.5 Å². The molecular weight excluding hydrogens is 493 g/mol. The minimum Gasteiger partial charge on any atom is -0.366 e. The number of likely N-dealkylation sites (tertiary alicyclic amines) is 1. The van der Waals surface area contributed by atoms with Gasteiger partial charge >= 0.3 is 0 Å². The Morgan fingerprint density at radius 2 is 1.97 bits per heavy atom. The van der Waals surface area contributed by atoms with E-state index >= 15 is 4.39 Å². The molecule has 1 fully saturated rings. The molecule has 0 spiro atoms. The van der Waals surface area contributed by atoms with Crippen molar-refractivity contribution in [3.8, 4) is 22.4 Å². The van der Waals surface area contributed by atoms with Gasteiger partial charge in [0.2, 0.25) is 5.91 Å². The van der Waals surface area contributed by atoms with E-state index in [1.807, 2.05) is 59.5 Å². The van der Waals surface area contributed by atoms with Crippen molar-refractivity contribution in [1.29, 1.82) is 0 Å². The van der Waals surface area contributed by atoms with Gasteiger partial charge in [-0.3, -0.25) is 9.20 Å². The molecule has 5 aromatic rings. The van der Waals surface area contributed by atoms with Crippen molar-refractivity contribution < 1.29 is 18.0 Å². The highest BCUT2D eigenvalue weighted by Crippen LogP contribution is 2.39. The largest absolute Gasteiger partial charge is 0.366 e. The molecule has 6 heterocycles. The molecule has 10 heteroatoms. The summed E-state index contributed by atoms with van der Waals surface area (Å²) in [4.78, 5) is 22.1. The number of aromatic nitrogens is 4. The minimum atomic E-state index is -2.89. The fraction of sp³-hybridized carbons (Fsp3) is 0.286. The maximum atomic E-state index is 15.5. The highest BCUT2D eigenvalue weighted by atomic mass is 19.3. The number of carbonyl (C=O) groups excluding carboxylic acids is 1. The second-order valence-corrected chi connectivity index (χ2v) is 10.1. The highest BCUT2D eigenvalue weighted by Gasteiger charge is 2.39. The van der Waals surface area contributed by atoms with Crippen molar-refractivity contribution >= 4 is 22.5 Å². The summed E-state index contributed by atoms with van der Waals surface area (Å²) >= 11 is 0. The van der Waals surface area contributed by atoms with Gasteiger partial charge < -0.3 is 19.8 Å². The molecule has 7 nitrogen and oxygen atoms in total.